The Morgan fingerprint density at radius 1 is 1.71 bits per heavy atom. The molecule has 0 amide bonds. The number of nitrogens with two attached hydrogens (primary N) is 1. The molecule has 2 rings (SSSR count). The highest BCUT2D eigenvalue weighted by atomic mass is 16.5. The zero-order chi connectivity index (χ0) is 12.4. The van der Waals surface area contributed by atoms with Gasteiger partial charge in [0, 0.05) is 11.5 Å². The lowest BCUT2D eigenvalue weighted by atomic mass is 10.1. The molecule has 0 saturated heterocycles. The monoisotopic (exact) mass is 235 g/mol. The molecule has 1 aliphatic heterocycles. The van der Waals surface area contributed by atoms with Crippen molar-refractivity contribution >= 4 is 11.8 Å². The second kappa shape index (κ2) is 4.61. The van der Waals surface area contributed by atoms with Crippen LogP contribution in [0.15, 0.2) is 29.0 Å². The van der Waals surface area contributed by atoms with Gasteiger partial charge in [0.1, 0.15) is 11.7 Å². The summed E-state index contributed by atoms with van der Waals surface area (Å²) in [5, 5.41) is 3.10. The van der Waals surface area contributed by atoms with E-state index in [-0.39, 0.29) is 5.97 Å². The van der Waals surface area contributed by atoms with Gasteiger partial charge < -0.3 is 15.8 Å². The van der Waals surface area contributed by atoms with E-state index < -0.39 is 6.04 Å². The Hall–Kier alpha value is -1.78. The van der Waals surface area contributed by atoms with E-state index in [1.165, 1.54) is 0 Å². The standard InChI is InChI=1S/C12H17N3O2/c1-3-8-9(12(16)17-4-2)14-11(7-5-6-7)15-10(8)13/h3,7,9H,1,4-6,13H2,2H3,(H,14,15). The van der Waals surface area contributed by atoms with E-state index in [9.17, 15) is 4.79 Å². The van der Waals surface area contributed by atoms with Crippen LogP contribution in [0, 0.1) is 5.92 Å². The normalized spacial score (nSPS) is 23.8. The number of amidine groups is 1. The molecule has 0 aromatic rings. The molecule has 0 aromatic carbocycles. The van der Waals surface area contributed by atoms with Crippen LogP contribution in [0.25, 0.3) is 0 Å². The van der Waals surface area contributed by atoms with Crippen molar-refractivity contribution in [2.24, 2.45) is 16.6 Å². The van der Waals surface area contributed by atoms with Gasteiger partial charge in [-0.05, 0) is 19.8 Å². The number of aliphatic imine (C=N–C) groups is 1. The smallest absolute Gasteiger partial charge is 0.333 e. The molecular formula is C12H17N3O2. The molecule has 92 valence electrons. The summed E-state index contributed by atoms with van der Waals surface area (Å²) in [6, 6.07) is -0.569. The van der Waals surface area contributed by atoms with Crippen LogP contribution in [-0.2, 0) is 9.53 Å². The van der Waals surface area contributed by atoms with Gasteiger partial charge >= 0.3 is 5.97 Å². The number of hydrogen-bond acceptors (Lipinski definition) is 5. The minimum atomic E-state index is -0.569. The van der Waals surface area contributed by atoms with Crippen molar-refractivity contribution in [2.75, 3.05) is 6.61 Å². The Balaban J connectivity index is 2.24. The molecule has 3 N–H and O–H groups in total. The Bertz CT molecular complexity index is 408. The number of carbonyl (C=O) groups excluding carboxylic acids is 1. The van der Waals surface area contributed by atoms with E-state index in [2.05, 4.69) is 16.9 Å². The number of rotatable bonds is 4. The van der Waals surface area contributed by atoms with Crippen LogP contribution in [0.4, 0.5) is 0 Å². The predicted octanol–water partition coefficient (Wildman–Crippen LogP) is 0.686. The molecule has 0 radical (unpaired) electrons. The average molecular weight is 235 g/mol. The summed E-state index contributed by atoms with van der Waals surface area (Å²) in [5.74, 6) is 1.24. The van der Waals surface area contributed by atoms with Gasteiger partial charge in [0.2, 0.25) is 0 Å². The molecule has 1 aliphatic carbocycles. The van der Waals surface area contributed by atoms with Crippen molar-refractivity contribution in [3.8, 4) is 0 Å². The molecular weight excluding hydrogens is 218 g/mol. The minimum Gasteiger partial charge on any atom is -0.464 e. The topological polar surface area (TPSA) is 76.7 Å². The molecule has 1 unspecified atom stereocenters. The van der Waals surface area contributed by atoms with Crippen molar-refractivity contribution in [3.63, 3.8) is 0 Å². The Kier molecular flexibility index (Phi) is 3.17. The molecule has 17 heavy (non-hydrogen) atoms. The van der Waals surface area contributed by atoms with Gasteiger partial charge in [-0.15, -0.1) is 0 Å². The molecule has 5 nitrogen and oxygen atoms in total. The van der Waals surface area contributed by atoms with Crippen LogP contribution < -0.4 is 11.1 Å². The first-order valence-corrected chi connectivity index (χ1v) is 5.81. The van der Waals surface area contributed by atoms with E-state index in [1.54, 1.807) is 13.0 Å². The lowest BCUT2D eigenvalue weighted by Gasteiger charge is -2.25. The van der Waals surface area contributed by atoms with E-state index in [1.807, 2.05) is 0 Å². The summed E-state index contributed by atoms with van der Waals surface area (Å²) in [5.41, 5.74) is 6.43. The third-order valence-electron chi connectivity index (χ3n) is 2.85. The summed E-state index contributed by atoms with van der Waals surface area (Å²) in [7, 11) is 0. The number of esters is 1. The van der Waals surface area contributed by atoms with Crippen molar-refractivity contribution in [2.45, 2.75) is 25.8 Å². The lowest BCUT2D eigenvalue weighted by Crippen LogP contribution is -2.47. The molecule has 0 aromatic heterocycles. The maximum Gasteiger partial charge on any atom is 0.333 e. The minimum absolute atomic E-state index is 0.335. The van der Waals surface area contributed by atoms with Crippen molar-refractivity contribution in [1.82, 2.24) is 5.32 Å². The maximum absolute atomic E-state index is 11.8. The summed E-state index contributed by atoms with van der Waals surface area (Å²) < 4.78 is 5.02. The Morgan fingerprint density at radius 2 is 2.41 bits per heavy atom. The molecule has 1 fully saturated rings. The number of carbonyl (C=O) groups is 1. The first-order valence-electron chi connectivity index (χ1n) is 5.81. The van der Waals surface area contributed by atoms with Gasteiger partial charge in [0.25, 0.3) is 0 Å². The van der Waals surface area contributed by atoms with Crippen LogP contribution in [0.5, 0.6) is 0 Å². The van der Waals surface area contributed by atoms with E-state index >= 15 is 0 Å². The first kappa shape index (κ1) is 11.7. The fourth-order valence-electron chi connectivity index (χ4n) is 1.80. The van der Waals surface area contributed by atoms with Crippen molar-refractivity contribution in [1.29, 1.82) is 0 Å². The van der Waals surface area contributed by atoms with Crippen molar-refractivity contribution in [3.05, 3.63) is 24.0 Å². The summed E-state index contributed by atoms with van der Waals surface area (Å²) in [6.07, 6.45) is 3.74. The number of nitrogens with zero attached hydrogens (tertiary/aromatic N) is 1. The fourth-order valence-corrected chi connectivity index (χ4v) is 1.80. The van der Waals surface area contributed by atoms with Gasteiger partial charge in [-0.25, -0.2) is 9.79 Å². The molecule has 0 bridgehead atoms. The van der Waals surface area contributed by atoms with Gasteiger partial charge in [0.05, 0.1) is 6.61 Å². The van der Waals surface area contributed by atoms with E-state index in [0.717, 1.165) is 18.7 Å². The SMILES string of the molecule is C=CC1=C(N)N=C(C2CC2)NC1C(=O)OCC. The second-order valence-electron chi connectivity index (χ2n) is 4.15. The van der Waals surface area contributed by atoms with E-state index in [0.29, 0.717) is 23.9 Å². The first-order chi connectivity index (χ1) is 8.17. The molecule has 1 saturated carbocycles. The highest BCUT2D eigenvalue weighted by molar-refractivity contribution is 5.95. The third kappa shape index (κ3) is 2.33. The Labute approximate surface area is 100 Å². The summed E-state index contributed by atoms with van der Waals surface area (Å²) >= 11 is 0. The highest BCUT2D eigenvalue weighted by Crippen LogP contribution is 2.32. The van der Waals surface area contributed by atoms with Gasteiger partial charge in [-0.3, -0.25) is 0 Å². The van der Waals surface area contributed by atoms with E-state index in [4.69, 9.17) is 10.5 Å². The van der Waals surface area contributed by atoms with Gasteiger partial charge in [0.15, 0.2) is 6.04 Å². The van der Waals surface area contributed by atoms with Crippen LogP contribution in [0.2, 0.25) is 0 Å². The second-order valence-corrected chi connectivity index (χ2v) is 4.15. The molecule has 2 aliphatic rings. The largest absolute Gasteiger partial charge is 0.464 e. The fraction of sp³-hybridized carbons (Fsp3) is 0.500. The summed E-state index contributed by atoms with van der Waals surface area (Å²) in [4.78, 5) is 16.1. The molecule has 5 heteroatoms. The maximum atomic E-state index is 11.8. The molecule has 0 spiro atoms. The average Bonchev–Trinajstić information content (AvgIpc) is 3.12. The number of hydrogen-bond donors (Lipinski definition) is 2. The van der Waals surface area contributed by atoms with Crippen molar-refractivity contribution < 1.29 is 9.53 Å². The summed E-state index contributed by atoms with van der Waals surface area (Å²) in [6.45, 7) is 5.78. The third-order valence-corrected chi connectivity index (χ3v) is 2.85. The van der Waals surface area contributed by atoms with Crippen LogP contribution in [-0.4, -0.2) is 24.5 Å². The molecule has 1 atom stereocenters. The van der Waals surface area contributed by atoms with Crippen LogP contribution >= 0.6 is 0 Å². The lowest BCUT2D eigenvalue weighted by molar-refractivity contribution is -0.144. The van der Waals surface area contributed by atoms with Crippen LogP contribution in [0.3, 0.4) is 0 Å². The quantitative estimate of drug-likeness (QED) is 0.703. The predicted molar refractivity (Wildman–Crippen MR) is 65.1 cm³/mol. The van der Waals surface area contributed by atoms with Crippen LogP contribution in [0.1, 0.15) is 19.8 Å². The number of nitrogens with one attached hydrogen (secondary N) is 1. The zero-order valence-corrected chi connectivity index (χ0v) is 9.90. The van der Waals surface area contributed by atoms with Gasteiger partial charge in [-0.2, -0.15) is 0 Å². The number of ether oxygens (including phenoxy) is 1. The zero-order valence-electron chi connectivity index (χ0n) is 9.90. The molecule has 1 heterocycles. The van der Waals surface area contributed by atoms with Gasteiger partial charge in [-0.1, -0.05) is 12.7 Å². The highest BCUT2D eigenvalue weighted by Gasteiger charge is 2.35. The Morgan fingerprint density at radius 3 is 2.94 bits per heavy atom.